The summed E-state index contributed by atoms with van der Waals surface area (Å²) < 4.78 is 0. The molecule has 0 atom stereocenters. The molecule has 0 bridgehead atoms. The van der Waals surface area contributed by atoms with Crippen LogP contribution >= 0.6 is 0 Å². The van der Waals surface area contributed by atoms with Gasteiger partial charge in [-0.25, -0.2) is 0 Å². The molecule has 0 amide bonds. The van der Waals surface area contributed by atoms with Gasteiger partial charge in [0.25, 0.3) is 0 Å². The highest BCUT2D eigenvalue weighted by Crippen LogP contribution is 2.45. The molecule has 0 saturated heterocycles. The fraction of sp³-hybridized carbons (Fsp3) is 0.0938. The maximum Gasteiger partial charge on any atom is 0.0540 e. The van der Waals surface area contributed by atoms with E-state index in [1.165, 1.54) is 81.9 Å². The molecule has 0 aliphatic carbocycles. The first-order valence-electron chi connectivity index (χ1n) is 23.3. The molecular weight excluding hydrogens is 797 g/mol. The van der Waals surface area contributed by atoms with Crippen LogP contribution in [0, 0.1) is 0 Å². The number of rotatable bonds is 10. The van der Waals surface area contributed by atoms with Crippen LogP contribution in [0.15, 0.2) is 218 Å². The number of anilines is 6. The van der Waals surface area contributed by atoms with Gasteiger partial charge in [0.05, 0.1) is 11.4 Å². The first-order chi connectivity index (χ1) is 32.4. The summed E-state index contributed by atoms with van der Waals surface area (Å²) in [5, 5.41) is 12.4. The third kappa shape index (κ3) is 7.65. The third-order valence-corrected chi connectivity index (χ3v) is 13.3. The van der Waals surface area contributed by atoms with Crippen molar-refractivity contribution < 1.29 is 0 Å². The van der Waals surface area contributed by atoms with Crippen LogP contribution in [0.2, 0.25) is 0 Å². The van der Waals surface area contributed by atoms with E-state index in [9.17, 15) is 0 Å². The monoisotopic (exact) mass is 848 g/mol. The number of fused-ring (bicyclic) bond motifs is 5. The van der Waals surface area contributed by atoms with Crippen molar-refractivity contribution in [3.05, 3.63) is 241 Å². The van der Waals surface area contributed by atoms with Gasteiger partial charge in [-0.1, -0.05) is 192 Å². The molecule has 66 heavy (non-hydrogen) atoms. The lowest BCUT2D eigenvalue weighted by atomic mass is 9.87. The van der Waals surface area contributed by atoms with E-state index < -0.39 is 0 Å². The first-order valence-corrected chi connectivity index (χ1v) is 23.3. The SMILES string of the molecule is CC(C)c1cc(N(c2ccc3ccccc3c2)c2cccc3ccccc23)cc2c(C(C)C)cc(/C=C/c3ccc(N(c4ccc5ccccc5c4)c4cccc5ccccc45)cc3)cc12. The van der Waals surface area contributed by atoms with Crippen LogP contribution in [0.3, 0.4) is 0 Å². The van der Waals surface area contributed by atoms with E-state index >= 15 is 0 Å². The molecule has 0 unspecified atom stereocenters. The molecule has 0 radical (unpaired) electrons. The van der Waals surface area contributed by atoms with E-state index in [0.29, 0.717) is 11.8 Å². The molecule has 0 spiro atoms. The Balaban J connectivity index is 0.995. The minimum Gasteiger partial charge on any atom is -0.310 e. The van der Waals surface area contributed by atoms with E-state index in [-0.39, 0.29) is 0 Å². The van der Waals surface area contributed by atoms with Gasteiger partial charge in [0.1, 0.15) is 0 Å². The van der Waals surface area contributed by atoms with Gasteiger partial charge in [-0.05, 0) is 144 Å². The number of benzene rings is 11. The van der Waals surface area contributed by atoms with Gasteiger partial charge in [0.15, 0.2) is 0 Å². The Bertz CT molecular complexity index is 3600. The predicted octanol–water partition coefficient (Wildman–Crippen LogP) is 18.8. The van der Waals surface area contributed by atoms with Crippen molar-refractivity contribution in [2.45, 2.75) is 39.5 Å². The highest BCUT2D eigenvalue weighted by molar-refractivity contribution is 6.04. The van der Waals surface area contributed by atoms with Crippen LogP contribution in [0.4, 0.5) is 34.1 Å². The second-order valence-electron chi connectivity index (χ2n) is 18.2. The molecule has 0 aromatic heterocycles. The standard InChI is InChI=1S/C64H52N2/c1-43(2)59-37-46(28-27-45-29-33-53(34-30-45)65(54-35-31-47-15-5-7-19-51(47)39-54)63-25-13-21-49-17-9-11-23-57(49)63)38-61-60(44(3)4)41-56(42-62(59)61)66(55-36-32-48-16-6-8-20-52(48)40-55)64-26-14-22-50-18-10-12-24-58(50)64/h5-44H,1-4H3/b28-27+. The summed E-state index contributed by atoms with van der Waals surface area (Å²) >= 11 is 0. The van der Waals surface area contributed by atoms with Crippen LogP contribution in [0.5, 0.6) is 0 Å². The zero-order chi connectivity index (χ0) is 44.7. The third-order valence-electron chi connectivity index (χ3n) is 13.3. The van der Waals surface area contributed by atoms with Crippen molar-refractivity contribution in [3.63, 3.8) is 0 Å². The first kappa shape index (κ1) is 40.8. The van der Waals surface area contributed by atoms with Crippen LogP contribution in [0.1, 0.15) is 61.8 Å². The molecule has 0 saturated carbocycles. The summed E-state index contributed by atoms with van der Waals surface area (Å²) in [7, 11) is 0. The Morgan fingerprint density at radius 2 is 0.712 bits per heavy atom. The summed E-state index contributed by atoms with van der Waals surface area (Å²) in [6, 6.07) is 80.3. The minimum atomic E-state index is 0.303. The van der Waals surface area contributed by atoms with Crippen molar-refractivity contribution in [1.29, 1.82) is 0 Å². The van der Waals surface area contributed by atoms with Gasteiger partial charge in [-0.2, -0.15) is 0 Å². The average molecular weight is 849 g/mol. The summed E-state index contributed by atoms with van der Waals surface area (Å²) in [5.41, 5.74) is 12.0. The molecule has 11 rings (SSSR count). The topological polar surface area (TPSA) is 6.48 Å². The molecule has 11 aromatic rings. The van der Waals surface area contributed by atoms with Crippen molar-refractivity contribution in [2.75, 3.05) is 9.80 Å². The fourth-order valence-corrected chi connectivity index (χ4v) is 9.93. The second kappa shape index (κ2) is 17.2. The lowest BCUT2D eigenvalue weighted by Crippen LogP contribution is -2.11. The van der Waals surface area contributed by atoms with E-state index in [1.807, 2.05) is 0 Å². The molecule has 0 heterocycles. The molecule has 0 aliphatic rings. The molecule has 0 fully saturated rings. The normalized spacial score (nSPS) is 11.8. The van der Waals surface area contributed by atoms with Crippen molar-refractivity contribution in [1.82, 2.24) is 0 Å². The van der Waals surface area contributed by atoms with Crippen molar-refractivity contribution in [2.24, 2.45) is 0 Å². The zero-order valence-electron chi connectivity index (χ0n) is 38.0. The molecular formula is C64H52N2. The fourth-order valence-electron chi connectivity index (χ4n) is 9.93. The average Bonchev–Trinajstić information content (AvgIpc) is 3.36. The zero-order valence-corrected chi connectivity index (χ0v) is 38.0. The highest BCUT2D eigenvalue weighted by Gasteiger charge is 2.21. The van der Waals surface area contributed by atoms with Gasteiger partial charge < -0.3 is 9.80 Å². The van der Waals surface area contributed by atoms with Crippen LogP contribution in [0.25, 0.3) is 66.0 Å². The van der Waals surface area contributed by atoms with E-state index in [4.69, 9.17) is 0 Å². The Morgan fingerprint density at radius 3 is 1.26 bits per heavy atom. The van der Waals surface area contributed by atoms with Gasteiger partial charge in [0, 0.05) is 33.5 Å². The summed E-state index contributed by atoms with van der Waals surface area (Å²) in [6.07, 6.45) is 4.56. The number of hydrogen-bond acceptors (Lipinski definition) is 2. The maximum absolute atomic E-state index is 2.48. The quantitative estimate of drug-likeness (QED) is 0.127. The number of nitrogens with zero attached hydrogens (tertiary/aromatic N) is 2. The molecule has 318 valence electrons. The molecule has 2 heteroatoms. The molecule has 0 N–H and O–H groups in total. The van der Waals surface area contributed by atoms with Gasteiger partial charge in [-0.15, -0.1) is 0 Å². The summed E-state index contributed by atoms with van der Waals surface area (Å²) in [6.45, 7) is 9.31. The minimum absolute atomic E-state index is 0.303. The summed E-state index contributed by atoms with van der Waals surface area (Å²) in [4.78, 5) is 4.87. The maximum atomic E-state index is 2.48. The lowest BCUT2D eigenvalue weighted by molar-refractivity contribution is 0.867. The smallest absolute Gasteiger partial charge is 0.0540 e. The van der Waals surface area contributed by atoms with Gasteiger partial charge >= 0.3 is 0 Å². The van der Waals surface area contributed by atoms with Crippen LogP contribution in [-0.2, 0) is 0 Å². The van der Waals surface area contributed by atoms with Gasteiger partial charge in [0.2, 0.25) is 0 Å². The van der Waals surface area contributed by atoms with E-state index in [1.54, 1.807) is 0 Å². The van der Waals surface area contributed by atoms with Crippen molar-refractivity contribution >= 4 is 100 Å². The Kier molecular flexibility index (Phi) is 10.6. The summed E-state index contributed by atoms with van der Waals surface area (Å²) in [5.74, 6) is 0.620. The van der Waals surface area contributed by atoms with E-state index in [0.717, 1.165) is 28.3 Å². The Morgan fingerprint density at radius 1 is 0.288 bits per heavy atom. The highest BCUT2D eigenvalue weighted by atomic mass is 15.1. The van der Waals surface area contributed by atoms with Crippen molar-refractivity contribution in [3.8, 4) is 0 Å². The molecule has 2 nitrogen and oxygen atoms in total. The molecule has 11 aromatic carbocycles. The van der Waals surface area contributed by atoms with Crippen LogP contribution in [-0.4, -0.2) is 0 Å². The second-order valence-corrected chi connectivity index (χ2v) is 18.2. The number of hydrogen-bond donors (Lipinski definition) is 0. The Hall–Kier alpha value is -7.94. The Labute approximate surface area is 388 Å². The largest absolute Gasteiger partial charge is 0.310 e. The van der Waals surface area contributed by atoms with Crippen LogP contribution < -0.4 is 9.80 Å². The lowest BCUT2D eigenvalue weighted by Gasteiger charge is -2.29. The van der Waals surface area contributed by atoms with Gasteiger partial charge in [-0.3, -0.25) is 0 Å². The molecule has 0 aliphatic heterocycles. The van der Waals surface area contributed by atoms with E-state index in [2.05, 4.69) is 268 Å². The predicted molar refractivity (Wildman–Crippen MR) is 287 cm³/mol.